The van der Waals surface area contributed by atoms with Crippen LogP contribution in [-0.2, 0) is 17.3 Å². The molecule has 0 atom stereocenters. The van der Waals surface area contributed by atoms with Crippen LogP contribution in [0.1, 0.15) is 53.5 Å². The summed E-state index contributed by atoms with van der Waals surface area (Å²) in [5.74, 6) is 0. The van der Waals surface area contributed by atoms with Crippen molar-refractivity contribution in [1.82, 2.24) is 0 Å². The van der Waals surface area contributed by atoms with E-state index in [9.17, 15) is 0 Å². The van der Waals surface area contributed by atoms with Gasteiger partial charge in [0.25, 0.3) is 0 Å². The Hall–Kier alpha value is -0.257. The first kappa shape index (κ1) is 19.7. The zero-order chi connectivity index (χ0) is 15.5. The van der Waals surface area contributed by atoms with E-state index >= 15 is 0 Å². The third-order valence-electron chi connectivity index (χ3n) is 4.15. The van der Waals surface area contributed by atoms with Crippen LogP contribution >= 0.6 is 9.69 Å². The third-order valence-corrected chi connectivity index (χ3v) is 4.15. The van der Waals surface area contributed by atoms with Crippen molar-refractivity contribution in [3.8, 4) is 0 Å². The first-order chi connectivity index (χ1) is 9.55. The SMILES string of the molecule is C1=C\CC/C=C\CC/1.Cc1c(C)c(C)[c-](C)c1C.[Cl][Ru+]. The van der Waals surface area contributed by atoms with E-state index in [1.165, 1.54) is 53.5 Å². The van der Waals surface area contributed by atoms with Crippen LogP contribution in [0.2, 0.25) is 0 Å². The van der Waals surface area contributed by atoms with Gasteiger partial charge in [-0.15, -0.1) is 0 Å². The molecule has 0 unspecified atom stereocenters. The molecular formula is C18H27ClRu. The molecule has 114 valence electrons. The number of allylic oxidation sites excluding steroid dienone is 4. The van der Waals surface area contributed by atoms with Crippen LogP contribution < -0.4 is 0 Å². The Kier molecular flexibility index (Phi) is 11.3. The van der Waals surface area contributed by atoms with Gasteiger partial charge in [0.05, 0.1) is 0 Å². The number of hydrogen-bond acceptors (Lipinski definition) is 0. The molecule has 0 aliphatic heterocycles. The maximum atomic E-state index is 4.57. The molecule has 0 aromatic heterocycles. The van der Waals surface area contributed by atoms with Crippen LogP contribution in [0.5, 0.6) is 0 Å². The summed E-state index contributed by atoms with van der Waals surface area (Å²) in [6.07, 6.45) is 14.0. The standard InChI is InChI=1S/C10H15.C8H12.ClH.Ru/c1-6-7(2)9(4)10(5)8(6)3;1-2-4-6-8-7-5-3-1;;/h1-5H3;1-2,7-8H,3-6H2;1H;/q-1;;;+2/p-1/b;2-1-,8-7-;;. The molecule has 0 radical (unpaired) electrons. The average Bonchev–Trinajstić information content (AvgIpc) is 2.59. The van der Waals surface area contributed by atoms with Gasteiger partial charge < -0.3 is 0 Å². The predicted octanol–water partition coefficient (Wildman–Crippen LogP) is 6.31. The molecule has 0 saturated heterocycles. The summed E-state index contributed by atoms with van der Waals surface area (Å²) in [4.78, 5) is 0. The first-order valence-electron chi connectivity index (χ1n) is 7.18. The van der Waals surface area contributed by atoms with Crippen LogP contribution in [0, 0.1) is 34.6 Å². The normalized spacial score (nSPS) is 16.8. The predicted molar refractivity (Wildman–Crippen MR) is 88.3 cm³/mol. The van der Waals surface area contributed by atoms with Crippen molar-refractivity contribution in [2.45, 2.75) is 60.3 Å². The second-order valence-corrected chi connectivity index (χ2v) is 5.22. The molecule has 0 fully saturated rings. The molecule has 1 aromatic carbocycles. The van der Waals surface area contributed by atoms with E-state index in [1.54, 1.807) is 0 Å². The van der Waals surface area contributed by atoms with Crippen molar-refractivity contribution in [2.75, 3.05) is 0 Å². The van der Waals surface area contributed by atoms with E-state index < -0.39 is 0 Å². The van der Waals surface area contributed by atoms with Crippen molar-refractivity contribution in [2.24, 2.45) is 0 Å². The summed E-state index contributed by atoms with van der Waals surface area (Å²) >= 11 is 1.82. The molecule has 0 N–H and O–H groups in total. The fraction of sp³-hybridized carbons (Fsp3) is 0.500. The molecule has 1 aliphatic rings. The monoisotopic (exact) mass is 380 g/mol. The van der Waals surface area contributed by atoms with Gasteiger partial charge in [0.15, 0.2) is 0 Å². The second kappa shape index (κ2) is 11.4. The van der Waals surface area contributed by atoms with Crippen molar-refractivity contribution in [1.29, 1.82) is 0 Å². The average molecular weight is 380 g/mol. The Morgan fingerprint density at radius 3 is 1.15 bits per heavy atom. The van der Waals surface area contributed by atoms with Crippen molar-refractivity contribution in [3.05, 3.63) is 52.1 Å². The van der Waals surface area contributed by atoms with Gasteiger partial charge in [-0.1, -0.05) is 58.9 Å². The summed E-state index contributed by atoms with van der Waals surface area (Å²) < 4.78 is 0. The first-order valence-corrected chi connectivity index (χ1v) is 9.42. The van der Waals surface area contributed by atoms with Crippen LogP contribution in [0.3, 0.4) is 0 Å². The number of hydrogen-bond donors (Lipinski definition) is 0. The number of rotatable bonds is 0. The fourth-order valence-electron chi connectivity index (χ4n) is 2.26. The minimum atomic E-state index is 1.23. The topological polar surface area (TPSA) is 0 Å². The number of halogens is 1. The van der Waals surface area contributed by atoms with E-state index in [4.69, 9.17) is 0 Å². The Morgan fingerprint density at radius 2 is 1.00 bits per heavy atom. The zero-order valence-electron chi connectivity index (χ0n) is 13.4. The summed E-state index contributed by atoms with van der Waals surface area (Å²) in [5, 5.41) is 0. The van der Waals surface area contributed by atoms with Crippen LogP contribution in [0.15, 0.2) is 24.3 Å². The quantitative estimate of drug-likeness (QED) is 0.281. The Labute approximate surface area is 139 Å². The third kappa shape index (κ3) is 6.46. The van der Waals surface area contributed by atoms with Gasteiger partial charge in [-0.25, -0.2) is 0 Å². The fourth-order valence-corrected chi connectivity index (χ4v) is 2.26. The van der Waals surface area contributed by atoms with Gasteiger partial charge in [-0.05, 0) is 25.7 Å². The molecule has 0 nitrogen and oxygen atoms in total. The van der Waals surface area contributed by atoms with E-state index in [-0.39, 0.29) is 0 Å². The maximum absolute atomic E-state index is 4.57. The summed E-state index contributed by atoms with van der Waals surface area (Å²) in [7, 11) is 4.57. The molecule has 1 aliphatic carbocycles. The van der Waals surface area contributed by atoms with Crippen LogP contribution in [-0.4, -0.2) is 0 Å². The molecule has 0 heterocycles. The van der Waals surface area contributed by atoms with E-state index in [0.29, 0.717) is 0 Å². The van der Waals surface area contributed by atoms with Gasteiger partial charge in [-0.2, -0.15) is 27.8 Å². The Bertz CT molecular complexity index is 332. The zero-order valence-corrected chi connectivity index (χ0v) is 15.9. The van der Waals surface area contributed by atoms with E-state index in [1.807, 2.05) is 17.3 Å². The van der Waals surface area contributed by atoms with Gasteiger partial charge in [-0.3, -0.25) is 0 Å². The Balaban J connectivity index is 0.000000327. The summed E-state index contributed by atoms with van der Waals surface area (Å²) in [5.41, 5.74) is 7.34. The molecule has 1 aromatic rings. The molecule has 2 heteroatoms. The van der Waals surface area contributed by atoms with Crippen molar-refractivity contribution < 1.29 is 17.3 Å². The second-order valence-electron chi connectivity index (χ2n) is 5.22. The van der Waals surface area contributed by atoms with Crippen molar-refractivity contribution in [3.63, 3.8) is 0 Å². The van der Waals surface area contributed by atoms with Crippen LogP contribution in [0.25, 0.3) is 0 Å². The molecule has 0 saturated carbocycles. The van der Waals surface area contributed by atoms with E-state index in [2.05, 4.69) is 68.6 Å². The van der Waals surface area contributed by atoms with Crippen LogP contribution in [0.4, 0.5) is 0 Å². The Morgan fingerprint density at radius 1 is 0.750 bits per heavy atom. The molecule has 20 heavy (non-hydrogen) atoms. The molecule has 2 rings (SSSR count). The van der Waals surface area contributed by atoms with Gasteiger partial charge in [0, 0.05) is 0 Å². The van der Waals surface area contributed by atoms with E-state index in [0.717, 1.165) is 0 Å². The molecular weight excluding hydrogens is 353 g/mol. The summed E-state index contributed by atoms with van der Waals surface area (Å²) in [6, 6.07) is 0. The molecule has 0 amide bonds. The van der Waals surface area contributed by atoms with Gasteiger partial charge in [0.1, 0.15) is 0 Å². The molecule has 0 spiro atoms. The van der Waals surface area contributed by atoms with Gasteiger partial charge in [0.2, 0.25) is 0 Å². The minimum absolute atomic E-state index is 1.23. The summed E-state index contributed by atoms with van der Waals surface area (Å²) in [6.45, 7) is 11.0. The molecule has 0 bridgehead atoms. The van der Waals surface area contributed by atoms with Gasteiger partial charge >= 0.3 is 27.0 Å². The van der Waals surface area contributed by atoms with Crippen molar-refractivity contribution >= 4 is 9.69 Å².